The lowest BCUT2D eigenvalue weighted by molar-refractivity contribution is 0.304. The third kappa shape index (κ3) is 4.58. The van der Waals surface area contributed by atoms with Crippen molar-refractivity contribution in [2.75, 3.05) is 24.2 Å². The minimum atomic E-state index is 0.323. The summed E-state index contributed by atoms with van der Waals surface area (Å²) < 4.78 is 0. The number of rotatable bonds is 7. The number of hydrogen-bond acceptors (Lipinski definition) is 4. The molecule has 0 atom stereocenters. The van der Waals surface area contributed by atoms with Crippen molar-refractivity contribution >= 4 is 11.6 Å². The maximum absolute atomic E-state index is 4.71. The van der Waals surface area contributed by atoms with Crippen LogP contribution in [-0.4, -0.2) is 23.6 Å². The molecule has 0 unspecified atom stereocenters. The molecule has 0 spiro atoms. The molecule has 0 aliphatic carbocycles. The second kappa shape index (κ2) is 7.62. The molecule has 0 aromatic carbocycles. The van der Waals surface area contributed by atoms with Crippen LogP contribution >= 0.6 is 0 Å². The molecule has 0 saturated heterocycles. The largest absolute Gasteiger partial charge is 0.373 e. The van der Waals surface area contributed by atoms with Crippen molar-refractivity contribution in [3.05, 3.63) is 11.4 Å². The van der Waals surface area contributed by atoms with Gasteiger partial charge in [-0.15, -0.1) is 0 Å². The van der Waals surface area contributed by atoms with E-state index in [0.29, 0.717) is 23.7 Å². The molecule has 1 heterocycles. The maximum Gasteiger partial charge on any atom is 0.135 e. The van der Waals surface area contributed by atoms with E-state index in [1.54, 1.807) is 0 Å². The first-order valence-corrected chi connectivity index (χ1v) is 8.08. The van der Waals surface area contributed by atoms with Crippen molar-refractivity contribution in [2.45, 2.75) is 54.4 Å². The quantitative estimate of drug-likeness (QED) is 0.787. The second-order valence-electron chi connectivity index (χ2n) is 6.84. The molecule has 1 rings (SSSR count). The van der Waals surface area contributed by atoms with Gasteiger partial charge in [-0.25, -0.2) is 9.97 Å². The van der Waals surface area contributed by atoms with Gasteiger partial charge in [0.1, 0.15) is 17.5 Å². The molecule has 0 saturated carbocycles. The molecule has 0 amide bonds. The third-order valence-electron chi connectivity index (χ3n) is 4.13. The highest BCUT2D eigenvalue weighted by Gasteiger charge is 2.19. The first-order chi connectivity index (χ1) is 9.77. The average molecular weight is 292 g/mol. The predicted octanol–water partition coefficient (Wildman–Crippen LogP) is 4.29. The number of aromatic nitrogens is 2. The first kappa shape index (κ1) is 17.7. The van der Waals surface area contributed by atoms with Crippen LogP contribution in [0.5, 0.6) is 0 Å². The summed E-state index contributed by atoms with van der Waals surface area (Å²) in [5.41, 5.74) is 1.09. The smallest absolute Gasteiger partial charge is 0.135 e. The molecule has 2 N–H and O–H groups in total. The lowest BCUT2D eigenvalue weighted by atomic mass is 9.85. The Kier molecular flexibility index (Phi) is 6.43. The fraction of sp³-hybridized carbons (Fsp3) is 0.765. The van der Waals surface area contributed by atoms with Gasteiger partial charge in [0, 0.05) is 25.1 Å². The Morgan fingerprint density at radius 1 is 0.905 bits per heavy atom. The molecule has 4 nitrogen and oxygen atoms in total. The minimum Gasteiger partial charge on any atom is -0.373 e. The monoisotopic (exact) mass is 292 g/mol. The summed E-state index contributed by atoms with van der Waals surface area (Å²) in [6.07, 6.45) is 0. The summed E-state index contributed by atoms with van der Waals surface area (Å²) >= 11 is 0. The van der Waals surface area contributed by atoms with Gasteiger partial charge < -0.3 is 10.6 Å². The minimum absolute atomic E-state index is 0.323. The Balaban J connectivity index is 2.99. The highest BCUT2D eigenvalue weighted by atomic mass is 15.1. The van der Waals surface area contributed by atoms with Crippen LogP contribution in [0.4, 0.5) is 11.6 Å². The standard InChI is InChI=1S/C17H32N4/c1-10(2)14(11(3)4)9-19-17-13(7)16(18-8)20-15(21-17)12(5)6/h10-12,14H,9H2,1-8H3,(H2,18,19,20,21). The predicted molar refractivity (Wildman–Crippen MR) is 92.1 cm³/mol. The van der Waals surface area contributed by atoms with Gasteiger partial charge in [-0.1, -0.05) is 41.5 Å². The Morgan fingerprint density at radius 3 is 1.86 bits per heavy atom. The molecule has 1 aromatic rings. The second-order valence-corrected chi connectivity index (χ2v) is 6.84. The molecule has 4 heteroatoms. The van der Waals surface area contributed by atoms with Crippen LogP contribution in [0.1, 0.15) is 58.8 Å². The van der Waals surface area contributed by atoms with E-state index in [1.807, 2.05) is 7.05 Å². The van der Waals surface area contributed by atoms with Gasteiger partial charge in [-0.05, 0) is 24.7 Å². The summed E-state index contributed by atoms with van der Waals surface area (Å²) in [7, 11) is 1.91. The number of nitrogens with zero attached hydrogens (tertiary/aromatic N) is 2. The van der Waals surface area contributed by atoms with E-state index >= 15 is 0 Å². The molecule has 0 aliphatic rings. The van der Waals surface area contributed by atoms with Crippen LogP contribution in [0.25, 0.3) is 0 Å². The Hall–Kier alpha value is -1.32. The van der Waals surface area contributed by atoms with Gasteiger partial charge >= 0.3 is 0 Å². The lowest BCUT2D eigenvalue weighted by Gasteiger charge is -2.26. The van der Waals surface area contributed by atoms with Gasteiger partial charge in [0.2, 0.25) is 0 Å². The topological polar surface area (TPSA) is 49.8 Å². The summed E-state index contributed by atoms with van der Waals surface area (Å²) in [5.74, 6) is 5.05. The van der Waals surface area contributed by atoms with Crippen LogP contribution in [-0.2, 0) is 0 Å². The highest BCUT2D eigenvalue weighted by Crippen LogP contribution is 2.25. The lowest BCUT2D eigenvalue weighted by Crippen LogP contribution is -2.25. The van der Waals surface area contributed by atoms with E-state index in [2.05, 4.69) is 64.1 Å². The summed E-state index contributed by atoms with van der Waals surface area (Å²) in [6.45, 7) is 16.4. The molecule has 0 aliphatic heterocycles. The fourth-order valence-corrected chi connectivity index (χ4v) is 2.66. The van der Waals surface area contributed by atoms with Gasteiger partial charge in [0.05, 0.1) is 0 Å². The zero-order valence-electron chi connectivity index (χ0n) is 14.9. The van der Waals surface area contributed by atoms with E-state index in [9.17, 15) is 0 Å². The number of hydrogen-bond donors (Lipinski definition) is 2. The molecule has 0 bridgehead atoms. The van der Waals surface area contributed by atoms with Crippen LogP contribution in [0.3, 0.4) is 0 Å². The Labute approximate surface area is 130 Å². The van der Waals surface area contributed by atoms with Crippen LogP contribution in [0, 0.1) is 24.7 Å². The molecular formula is C17H32N4. The normalized spacial score (nSPS) is 11.8. The number of anilines is 2. The molecule has 1 aromatic heterocycles. The molecule has 0 fully saturated rings. The van der Waals surface area contributed by atoms with Crippen molar-refractivity contribution in [2.24, 2.45) is 17.8 Å². The van der Waals surface area contributed by atoms with Gasteiger partial charge in [-0.2, -0.15) is 0 Å². The van der Waals surface area contributed by atoms with Crippen LogP contribution in [0.2, 0.25) is 0 Å². The van der Waals surface area contributed by atoms with Gasteiger partial charge in [0.25, 0.3) is 0 Å². The van der Waals surface area contributed by atoms with E-state index in [0.717, 1.165) is 29.6 Å². The van der Waals surface area contributed by atoms with E-state index in [1.165, 1.54) is 0 Å². The van der Waals surface area contributed by atoms with Crippen molar-refractivity contribution in [3.8, 4) is 0 Å². The fourth-order valence-electron chi connectivity index (χ4n) is 2.66. The average Bonchev–Trinajstić information content (AvgIpc) is 2.39. The van der Waals surface area contributed by atoms with Crippen molar-refractivity contribution < 1.29 is 0 Å². The third-order valence-corrected chi connectivity index (χ3v) is 4.13. The summed E-state index contributed by atoms with van der Waals surface area (Å²) in [4.78, 5) is 9.29. The number of nitrogens with one attached hydrogen (secondary N) is 2. The zero-order chi connectivity index (χ0) is 16.2. The first-order valence-electron chi connectivity index (χ1n) is 8.08. The van der Waals surface area contributed by atoms with Crippen molar-refractivity contribution in [1.82, 2.24) is 9.97 Å². The van der Waals surface area contributed by atoms with E-state index < -0.39 is 0 Å². The van der Waals surface area contributed by atoms with Crippen LogP contribution in [0.15, 0.2) is 0 Å². The maximum atomic E-state index is 4.71. The van der Waals surface area contributed by atoms with E-state index in [4.69, 9.17) is 4.98 Å². The van der Waals surface area contributed by atoms with Gasteiger partial charge in [0.15, 0.2) is 0 Å². The van der Waals surface area contributed by atoms with Gasteiger partial charge in [-0.3, -0.25) is 0 Å². The molecule has 0 radical (unpaired) electrons. The van der Waals surface area contributed by atoms with E-state index in [-0.39, 0.29) is 0 Å². The summed E-state index contributed by atoms with van der Waals surface area (Å²) in [6, 6.07) is 0. The molecular weight excluding hydrogens is 260 g/mol. The van der Waals surface area contributed by atoms with Crippen molar-refractivity contribution in [3.63, 3.8) is 0 Å². The van der Waals surface area contributed by atoms with Crippen LogP contribution < -0.4 is 10.6 Å². The Morgan fingerprint density at radius 2 is 1.43 bits per heavy atom. The summed E-state index contributed by atoms with van der Waals surface area (Å²) in [5, 5.41) is 6.73. The van der Waals surface area contributed by atoms with Crippen molar-refractivity contribution in [1.29, 1.82) is 0 Å². The SMILES string of the molecule is CNc1nc(C(C)C)nc(NCC(C(C)C)C(C)C)c1C. The highest BCUT2D eigenvalue weighted by molar-refractivity contribution is 5.57. The Bertz CT molecular complexity index is 444. The zero-order valence-corrected chi connectivity index (χ0v) is 14.9. The molecule has 21 heavy (non-hydrogen) atoms. The molecule has 120 valence electrons.